The first-order valence-electron chi connectivity index (χ1n) is 6.37. The molecule has 1 atom stereocenters. The number of rotatable bonds is 9. The van der Waals surface area contributed by atoms with Gasteiger partial charge in [-0.3, -0.25) is 0 Å². The lowest BCUT2D eigenvalue weighted by atomic mass is 10.2. The molecule has 0 saturated carbocycles. The Balaban J connectivity index is 2.17. The lowest BCUT2D eigenvalue weighted by molar-refractivity contribution is -0.0128. The fraction of sp³-hybridized carbons (Fsp3) is 0.571. The molecule has 18 heavy (non-hydrogen) atoms. The maximum Gasteiger partial charge on any atom is 0.119 e. The van der Waals surface area contributed by atoms with Gasteiger partial charge in [0, 0.05) is 13.2 Å². The van der Waals surface area contributed by atoms with E-state index in [4.69, 9.17) is 19.9 Å². The van der Waals surface area contributed by atoms with E-state index in [1.165, 1.54) is 0 Å². The smallest absolute Gasteiger partial charge is 0.119 e. The summed E-state index contributed by atoms with van der Waals surface area (Å²) in [5.74, 6) is 0.832. The molecule has 0 aliphatic carbocycles. The van der Waals surface area contributed by atoms with Gasteiger partial charge >= 0.3 is 0 Å². The second-order valence-corrected chi connectivity index (χ2v) is 4.04. The highest BCUT2D eigenvalue weighted by Gasteiger charge is 2.01. The Morgan fingerprint density at radius 2 is 2.11 bits per heavy atom. The van der Waals surface area contributed by atoms with Crippen LogP contribution in [-0.2, 0) is 16.0 Å². The van der Waals surface area contributed by atoms with E-state index in [2.05, 4.69) is 0 Å². The molecule has 0 bridgehead atoms. The van der Waals surface area contributed by atoms with Gasteiger partial charge in [0.25, 0.3) is 0 Å². The highest BCUT2D eigenvalue weighted by Crippen LogP contribution is 2.12. The molecule has 1 aromatic rings. The Bertz CT molecular complexity index is 331. The fourth-order valence-electron chi connectivity index (χ4n) is 1.50. The molecule has 0 aliphatic rings. The summed E-state index contributed by atoms with van der Waals surface area (Å²) in [7, 11) is 0. The van der Waals surface area contributed by atoms with Gasteiger partial charge in [-0.1, -0.05) is 12.1 Å². The molecular formula is C14H23NO3. The molecule has 0 spiro atoms. The van der Waals surface area contributed by atoms with Gasteiger partial charge in [0.2, 0.25) is 0 Å². The average molecular weight is 253 g/mol. The van der Waals surface area contributed by atoms with E-state index < -0.39 is 0 Å². The average Bonchev–Trinajstić information content (AvgIpc) is 2.41. The van der Waals surface area contributed by atoms with Gasteiger partial charge in [-0.2, -0.15) is 0 Å². The Morgan fingerprint density at radius 1 is 1.28 bits per heavy atom. The monoisotopic (exact) mass is 253 g/mol. The van der Waals surface area contributed by atoms with Crippen LogP contribution in [-0.4, -0.2) is 32.5 Å². The summed E-state index contributed by atoms with van der Waals surface area (Å²) >= 11 is 0. The highest BCUT2D eigenvalue weighted by molar-refractivity contribution is 5.28. The van der Waals surface area contributed by atoms with Crippen molar-refractivity contribution >= 4 is 0 Å². The third-order valence-electron chi connectivity index (χ3n) is 2.45. The standard InChI is InChI=1S/C14H23NO3/c1-3-16-11-12(2)17-7-8-18-14-6-4-5-13(9-14)10-15/h4-6,9,12H,3,7-8,10-11,15H2,1-2H3. The van der Waals surface area contributed by atoms with E-state index in [1.54, 1.807) is 0 Å². The second kappa shape index (κ2) is 8.91. The van der Waals surface area contributed by atoms with Gasteiger partial charge in [-0.15, -0.1) is 0 Å². The van der Waals surface area contributed by atoms with Crippen molar-refractivity contribution in [3.05, 3.63) is 29.8 Å². The van der Waals surface area contributed by atoms with E-state index in [0.717, 1.165) is 17.9 Å². The Kier molecular flexibility index (Phi) is 7.41. The summed E-state index contributed by atoms with van der Waals surface area (Å²) in [6, 6.07) is 7.79. The van der Waals surface area contributed by atoms with Crippen molar-refractivity contribution in [2.24, 2.45) is 5.73 Å². The quantitative estimate of drug-likeness (QED) is 0.684. The van der Waals surface area contributed by atoms with Crippen LogP contribution >= 0.6 is 0 Å². The lowest BCUT2D eigenvalue weighted by Crippen LogP contribution is -2.19. The van der Waals surface area contributed by atoms with Crippen molar-refractivity contribution in [1.29, 1.82) is 0 Å². The summed E-state index contributed by atoms with van der Waals surface area (Å²) in [6.45, 7) is 6.92. The van der Waals surface area contributed by atoms with E-state index in [-0.39, 0.29) is 6.10 Å². The first-order chi connectivity index (χ1) is 8.76. The molecule has 2 N–H and O–H groups in total. The van der Waals surface area contributed by atoms with Gasteiger partial charge in [0.05, 0.1) is 19.3 Å². The zero-order valence-electron chi connectivity index (χ0n) is 11.2. The van der Waals surface area contributed by atoms with Crippen LogP contribution < -0.4 is 10.5 Å². The van der Waals surface area contributed by atoms with Crippen molar-refractivity contribution in [1.82, 2.24) is 0 Å². The van der Waals surface area contributed by atoms with Gasteiger partial charge in [-0.05, 0) is 31.5 Å². The van der Waals surface area contributed by atoms with E-state index in [9.17, 15) is 0 Å². The van der Waals surface area contributed by atoms with Crippen LogP contribution in [0, 0.1) is 0 Å². The molecule has 102 valence electrons. The van der Waals surface area contributed by atoms with Crippen molar-refractivity contribution in [2.45, 2.75) is 26.5 Å². The van der Waals surface area contributed by atoms with Crippen LogP contribution in [0.3, 0.4) is 0 Å². The predicted molar refractivity (Wildman–Crippen MR) is 71.7 cm³/mol. The topological polar surface area (TPSA) is 53.7 Å². The molecule has 0 saturated heterocycles. The molecule has 0 radical (unpaired) electrons. The van der Waals surface area contributed by atoms with Crippen LogP contribution in [0.4, 0.5) is 0 Å². The summed E-state index contributed by atoms with van der Waals surface area (Å²) in [5, 5.41) is 0. The van der Waals surface area contributed by atoms with Crippen LogP contribution in [0.15, 0.2) is 24.3 Å². The van der Waals surface area contributed by atoms with Crippen LogP contribution in [0.1, 0.15) is 19.4 Å². The largest absolute Gasteiger partial charge is 0.491 e. The Hall–Kier alpha value is -1.10. The molecule has 0 heterocycles. The van der Waals surface area contributed by atoms with Crippen molar-refractivity contribution in [2.75, 3.05) is 26.4 Å². The van der Waals surface area contributed by atoms with Crippen LogP contribution in [0.25, 0.3) is 0 Å². The van der Waals surface area contributed by atoms with Crippen molar-refractivity contribution in [3.63, 3.8) is 0 Å². The summed E-state index contributed by atoms with van der Waals surface area (Å²) < 4.78 is 16.4. The molecule has 4 nitrogen and oxygen atoms in total. The maximum absolute atomic E-state index is 5.58. The number of nitrogens with two attached hydrogens (primary N) is 1. The third-order valence-corrected chi connectivity index (χ3v) is 2.45. The predicted octanol–water partition coefficient (Wildman–Crippen LogP) is 1.97. The van der Waals surface area contributed by atoms with Gasteiger partial charge in [0.1, 0.15) is 12.4 Å². The van der Waals surface area contributed by atoms with Gasteiger partial charge in [0.15, 0.2) is 0 Å². The maximum atomic E-state index is 5.58. The molecule has 0 aliphatic heterocycles. The summed E-state index contributed by atoms with van der Waals surface area (Å²) in [5.41, 5.74) is 6.63. The van der Waals surface area contributed by atoms with E-state index in [0.29, 0.717) is 26.4 Å². The van der Waals surface area contributed by atoms with Crippen LogP contribution in [0.5, 0.6) is 5.75 Å². The minimum absolute atomic E-state index is 0.101. The molecule has 4 heteroatoms. The Labute approximate surface area is 109 Å². The lowest BCUT2D eigenvalue weighted by Gasteiger charge is -2.13. The molecular weight excluding hydrogens is 230 g/mol. The second-order valence-electron chi connectivity index (χ2n) is 4.04. The molecule has 1 aromatic carbocycles. The third kappa shape index (κ3) is 6.00. The minimum Gasteiger partial charge on any atom is -0.491 e. The van der Waals surface area contributed by atoms with Crippen LogP contribution in [0.2, 0.25) is 0 Å². The molecule has 1 unspecified atom stereocenters. The fourth-order valence-corrected chi connectivity index (χ4v) is 1.50. The first-order valence-corrected chi connectivity index (χ1v) is 6.37. The first kappa shape index (κ1) is 15.0. The van der Waals surface area contributed by atoms with Crippen molar-refractivity contribution < 1.29 is 14.2 Å². The SMILES string of the molecule is CCOCC(C)OCCOc1cccc(CN)c1. The van der Waals surface area contributed by atoms with Crippen molar-refractivity contribution in [3.8, 4) is 5.75 Å². The summed E-state index contributed by atoms with van der Waals surface area (Å²) in [6.07, 6.45) is 0.101. The molecule has 1 rings (SSSR count). The number of ether oxygens (including phenoxy) is 3. The van der Waals surface area contributed by atoms with Gasteiger partial charge in [-0.25, -0.2) is 0 Å². The highest BCUT2D eigenvalue weighted by atomic mass is 16.5. The molecule has 0 aromatic heterocycles. The zero-order chi connectivity index (χ0) is 13.2. The molecule has 0 fully saturated rings. The van der Waals surface area contributed by atoms with Gasteiger partial charge < -0.3 is 19.9 Å². The minimum atomic E-state index is 0.101. The van der Waals surface area contributed by atoms with E-state index in [1.807, 2.05) is 38.1 Å². The normalized spacial score (nSPS) is 12.4. The summed E-state index contributed by atoms with van der Waals surface area (Å²) in [4.78, 5) is 0. The number of hydrogen-bond donors (Lipinski definition) is 1. The number of hydrogen-bond acceptors (Lipinski definition) is 4. The van der Waals surface area contributed by atoms with E-state index >= 15 is 0 Å². The zero-order valence-corrected chi connectivity index (χ0v) is 11.2. The number of benzene rings is 1. The Morgan fingerprint density at radius 3 is 2.83 bits per heavy atom. The molecule has 0 amide bonds.